The fourth-order valence-corrected chi connectivity index (χ4v) is 1.71. The van der Waals surface area contributed by atoms with Gasteiger partial charge in [0, 0.05) is 6.08 Å². The fraction of sp³-hybridized carbons (Fsp3) is 0.308. The zero-order chi connectivity index (χ0) is 13.5. The Morgan fingerprint density at radius 1 is 1.50 bits per heavy atom. The summed E-state index contributed by atoms with van der Waals surface area (Å²) in [5.74, 6) is -0.271. The Kier molecular flexibility index (Phi) is 6.19. The molecule has 3 nitrogen and oxygen atoms in total. The van der Waals surface area contributed by atoms with Gasteiger partial charge in [-0.3, -0.25) is 4.79 Å². The number of carbonyl (C=O) groups excluding carboxylic acids is 1. The van der Waals surface area contributed by atoms with Crippen LogP contribution in [0.15, 0.2) is 24.3 Å². The Morgan fingerprint density at radius 3 is 2.83 bits per heavy atom. The summed E-state index contributed by atoms with van der Waals surface area (Å²) in [6, 6.07) is 4.98. The number of aliphatic hydroxyl groups excluding tert-OH is 1. The second kappa shape index (κ2) is 7.41. The Bertz CT molecular complexity index is 443. The van der Waals surface area contributed by atoms with E-state index in [0.29, 0.717) is 22.0 Å². The highest BCUT2D eigenvalue weighted by Gasteiger charge is 2.06. The Labute approximate surface area is 116 Å². The van der Waals surface area contributed by atoms with Crippen LogP contribution in [-0.4, -0.2) is 23.7 Å². The fourth-order valence-electron chi connectivity index (χ4n) is 1.34. The van der Waals surface area contributed by atoms with Crippen LogP contribution in [0.3, 0.4) is 0 Å². The number of benzene rings is 1. The van der Waals surface area contributed by atoms with Crippen molar-refractivity contribution in [2.45, 2.75) is 19.4 Å². The average Bonchev–Trinajstić information content (AvgIpc) is 2.37. The van der Waals surface area contributed by atoms with E-state index in [2.05, 4.69) is 5.32 Å². The molecule has 0 radical (unpaired) electrons. The lowest BCUT2D eigenvalue weighted by Crippen LogP contribution is -2.35. The van der Waals surface area contributed by atoms with Gasteiger partial charge < -0.3 is 10.4 Å². The minimum absolute atomic E-state index is 0.0754. The van der Waals surface area contributed by atoms with Crippen molar-refractivity contribution in [3.8, 4) is 0 Å². The molecule has 5 heteroatoms. The van der Waals surface area contributed by atoms with E-state index in [9.17, 15) is 4.79 Å². The van der Waals surface area contributed by atoms with E-state index in [-0.39, 0.29) is 18.6 Å². The first kappa shape index (κ1) is 15.0. The lowest BCUT2D eigenvalue weighted by atomic mass is 10.2. The molecule has 0 aliphatic rings. The Balaban J connectivity index is 2.69. The molecule has 1 aromatic carbocycles. The standard InChI is InChI=1S/C13H15Cl2NO2/c1-2-10(8-17)16-12(18)7-6-9-4-3-5-11(14)13(9)15/h3-7,10,17H,2,8H2,1H3,(H,16,18)/b7-6+/t10-/m0/s1. The number of carbonyl (C=O) groups is 1. The zero-order valence-corrected chi connectivity index (χ0v) is 11.5. The van der Waals surface area contributed by atoms with E-state index in [4.69, 9.17) is 28.3 Å². The summed E-state index contributed by atoms with van der Waals surface area (Å²) in [6.07, 6.45) is 3.64. The van der Waals surface area contributed by atoms with Gasteiger partial charge in [0.25, 0.3) is 0 Å². The third-order valence-corrected chi connectivity index (χ3v) is 3.29. The van der Waals surface area contributed by atoms with Crippen LogP contribution in [0.4, 0.5) is 0 Å². The molecule has 0 bridgehead atoms. The summed E-state index contributed by atoms with van der Waals surface area (Å²) in [5.41, 5.74) is 0.677. The maximum atomic E-state index is 11.6. The molecule has 2 N–H and O–H groups in total. The van der Waals surface area contributed by atoms with E-state index in [0.717, 1.165) is 0 Å². The number of halogens is 2. The first-order valence-corrected chi connectivity index (χ1v) is 6.37. The van der Waals surface area contributed by atoms with Crippen molar-refractivity contribution in [2.24, 2.45) is 0 Å². The van der Waals surface area contributed by atoms with E-state index in [1.807, 2.05) is 6.92 Å². The average molecular weight is 288 g/mol. The third-order valence-electron chi connectivity index (χ3n) is 2.46. The molecule has 0 heterocycles. The lowest BCUT2D eigenvalue weighted by molar-refractivity contribution is -0.117. The van der Waals surface area contributed by atoms with Gasteiger partial charge in [-0.05, 0) is 24.1 Å². The molecule has 1 atom stereocenters. The lowest BCUT2D eigenvalue weighted by Gasteiger charge is -2.11. The van der Waals surface area contributed by atoms with Gasteiger partial charge in [-0.2, -0.15) is 0 Å². The second-order valence-electron chi connectivity index (χ2n) is 3.77. The van der Waals surface area contributed by atoms with Gasteiger partial charge in [-0.1, -0.05) is 42.3 Å². The van der Waals surface area contributed by atoms with E-state index >= 15 is 0 Å². The molecule has 0 saturated carbocycles. The smallest absolute Gasteiger partial charge is 0.244 e. The van der Waals surface area contributed by atoms with Crippen LogP contribution in [0.2, 0.25) is 10.0 Å². The van der Waals surface area contributed by atoms with Crippen molar-refractivity contribution in [2.75, 3.05) is 6.61 Å². The summed E-state index contributed by atoms with van der Waals surface area (Å²) in [7, 11) is 0. The maximum Gasteiger partial charge on any atom is 0.244 e. The predicted octanol–water partition coefficient (Wildman–Crippen LogP) is 2.89. The van der Waals surface area contributed by atoms with Crippen LogP contribution >= 0.6 is 23.2 Å². The molecule has 1 aromatic rings. The summed E-state index contributed by atoms with van der Waals surface area (Å²) in [4.78, 5) is 11.6. The molecule has 1 amide bonds. The molecule has 0 aliphatic heterocycles. The molecular weight excluding hydrogens is 273 g/mol. The molecule has 0 unspecified atom stereocenters. The van der Waals surface area contributed by atoms with Crippen LogP contribution < -0.4 is 5.32 Å². The highest BCUT2D eigenvalue weighted by atomic mass is 35.5. The van der Waals surface area contributed by atoms with Crippen LogP contribution in [0.25, 0.3) is 6.08 Å². The molecule has 98 valence electrons. The zero-order valence-electron chi connectivity index (χ0n) is 9.99. The normalized spacial score (nSPS) is 12.7. The molecule has 18 heavy (non-hydrogen) atoms. The molecule has 1 rings (SSSR count). The number of aliphatic hydroxyl groups is 1. The van der Waals surface area contributed by atoms with Crippen molar-refractivity contribution in [3.05, 3.63) is 39.9 Å². The topological polar surface area (TPSA) is 49.3 Å². The highest BCUT2D eigenvalue weighted by molar-refractivity contribution is 6.42. The van der Waals surface area contributed by atoms with Crippen molar-refractivity contribution >= 4 is 35.2 Å². The largest absolute Gasteiger partial charge is 0.394 e. The first-order chi connectivity index (χ1) is 8.58. The summed E-state index contributed by atoms with van der Waals surface area (Å²) in [6.45, 7) is 1.81. The van der Waals surface area contributed by atoms with Crippen molar-refractivity contribution in [3.63, 3.8) is 0 Å². The van der Waals surface area contributed by atoms with E-state index < -0.39 is 0 Å². The maximum absolute atomic E-state index is 11.6. The number of nitrogens with one attached hydrogen (secondary N) is 1. The number of rotatable bonds is 5. The highest BCUT2D eigenvalue weighted by Crippen LogP contribution is 2.26. The quantitative estimate of drug-likeness (QED) is 0.818. The van der Waals surface area contributed by atoms with Gasteiger partial charge in [-0.15, -0.1) is 0 Å². The molecule has 0 aromatic heterocycles. The van der Waals surface area contributed by atoms with Crippen LogP contribution in [0.5, 0.6) is 0 Å². The van der Waals surface area contributed by atoms with Crippen molar-refractivity contribution in [1.82, 2.24) is 5.32 Å². The second-order valence-corrected chi connectivity index (χ2v) is 4.56. The van der Waals surface area contributed by atoms with Gasteiger partial charge >= 0.3 is 0 Å². The van der Waals surface area contributed by atoms with Crippen LogP contribution in [-0.2, 0) is 4.79 Å². The van der Waals surface area contributed by atoms with Gasteiger partial charge in [-0.25, -0.2) is 0 Å². The summed E-state index contributed by atoms with van der Waals surface area (Å²) >= 11 is 11.8. The number of hydrogen-bond donors (Lipinski definition) is 2. The van der Waals surface area contributed by atoms with E-state index in [1.165, 1.54) is 6.08 Å². The monoisotopic (exact) mass is 287 g/mol. The first-order valence-electron chi connectivity index (χ1n) is 5.62. The molecule has 0 saturated heterocycles. The molecule has 0 spiro atoms. The third kappa shape index (κ3) is 4.33. The van der Waals surface area contributed by atoms with Gasteiger partial charge in [0.15, 0.2) is 0 Å². The van der Waals surface area contributed by atoms with Gasteiger partial charge in [0.1, 0.15) is 0 Å². The van der Waals surface area contributed by atoms with Crippen LogP contribution in [0, 0.1) is 0 Å². The molecule has 0 fully saturated rings. The Morgan fingerprint density at radius 2 is 2.22 bits per heavy atom. The van der Waals surface area contributed by atoms with Crippen molar-refractivity contribution in [1.29, 1.82) is 0 Å². The van der Waals surface area contributed by atoms with Gasteiger partial charge in [0.2, 0.25) is 5.91 Å². The minimum Gasteiger partial charge on any atom is -0.394 e. The number of amides is 1. The predicted molar refractivity (Wildman–Crippen MR) is 74.8 cm³/mol. The molecular formula is C13H15Cl2NO2. The Hall–Kier alpha value is -1.03. The summed E-state index contributed by atoms with van der Waals surface area (Å²) in [5, 5.41) is 12.5. The minimum atomic E-state index is -0.271. The SMILES string of the molecule is CC[C@@H](CO)NC(=O)/C=C/c1cccc(Cl)c1Cl. The van der Waals surface area contributed by atoms with E-state index in [1.54, 1.807) is 24.3 Å². The number of hydrogen-bond acceptors (Lipinski definition) is 2. The van der Waals surface area contributed by atoms with Crippen molar-refractivity contribution < 1.29 is 9.90 Å². The van der Waals surface area contributed by atoms with Gasteiger partial charge in [0.05, 0.1) is 22.7 Å². The summed E-state index contributed by atoms with van der Waals surface area (Å²) < 4.78 is 0. The molecule has 0 aliphatic carbocycles. The van der Waals surface area contributed by atoms with Crippen LogP contribution in [0.1, 0.15) is 18.9 Å².